The van der Waals surface area contributed by atoms with Gasteiger partial charge >= 0.3 is 0 Å². The van der Waals surface area contributed by atoms with Crippen LogP contribution in [0.1, 0.15) is 5.56 Å². The fraction of sp³-hybridized carbons (Fsp3) is 0. The van der Waals surface area contributed by atoms with Crippen molar-refractivity contribution >= 4 is 35.0 Å². The summed E-state index contributed by atoms with van der Waals surface area (Å²) >= 11 is 0.817. The van der Waals surface area contributed by atoms with Gasteiger partial charge in [0.2, 0.25) is 0 Å². The van der Waals surface area contributed by atoms with Crippen LogP contribution in [-0.2, 0) is 14.2 Å². The van der Waals surface area contributed by atoms with E-state index in [0.29, 0.717) is 16.1 Å². The molecule has 1 aliphatic rings. The lowest BCUT2D eigenvalue weighted by Crippen LogP contribution is -2.15. The molecule has 22 heavy (non-hydrogen) atoms. The molecule has 0 aromatic heterocycles. The molecule has 8 heteroatoms. The van der Waals surface area contributed by atoms with Crippen molar-refractivity contribution in [2.24, 2.45) is 5.10 Å². The highest BCUT2D eigenvalue weighted by Gasteiger charge is 2.26. The standard InChI is InChI=1S/C14H11N3O4S/c18-14-13(17-16-9-4-2-1-3-5-9)11-8-10(22-21-20-19)6-7-12(11)15-14/h1-8,16,19H,(H,15,17,18). The summed E-state index contributed by atoms with van der Waals surface area (Å²) in [5.74, 6) is -0.292. The smallest absolute Gasteiger partial charge is 0.276 e. The van der Waals surface area contributed by atoms with Gasteiger partial charge in [0.05, 0.1) is 23.4 Å². The molecular formula is C14H11N3O4S. The summed E-state index contributed by atoms with van der Waals surface area (Å²) < 4.78 is 4.38. The predicted molar refractivity (Wildman–Crippen MR) is 82.3 cm³/mol. The van der Waals surface area contributed by atoms with Crippen molar-refractivity contribution in [1.82, 2.24) is 0 Å². The Kier molecular flexibility index (Phi) is 4.35. The monoisotopic (exact) mass is 317 g/mol. The van der Waals surface area contributed by atoms with Gasteiger partial charge in [-0.2, -0.15) is 5.10 Å². The fourth-order valence-electron chi connectivity index (χ4n) is 1.98. The van der Waals surface area contributed by atoms with Crippen molar-refractivity contribution in [3.05, 3.63) is 54.1 Å². The predicted octanol–water partition coefficient (Wildman–Crippen LogP) is 2.88. The SMILES string of the molecule is O=C1Nc2ccc(SOOO)cc2/C1=N/Nc1ccccc1. The Morgan fingerprint density at radius 1 is 1.18 bits per heavy atom. The van der Waals surface area contributed by atoms with Crippen LogP contribution in [0.5, 0.6) is 0 Å². The molecule has 112 valence electrons. The summed E-state index contributed by atoms with van der Waals surface area (Å²) in [6.45, 7) is 0. The number of carbonyl (C=O) groups is 1. The molecule has 2 aromatic carbocycles. The Balaban J connectivity index is 1.86. The molecule has 0 unspecified atom stereocenters. The van der Waals surface area contributed by atoms with Gasteiger partial charge in [0, 0.05) is 10.5 Å². The van der Waals surface area contributed by atoms with Crippen LogP contribution in [0.2, 0.25) is 0 Å². The number of rotatable bonds is 5. The summed E-state index contributed by atoms with van der Waals surface area (Å²) in [5.41, 5.74) is 5.19. The van der Waals surface area contributed by atoms with Gasteiger partial charge in [-0.15, -0.1) is 4.33 Å². The van der Waals surface area contributed by atoms with Gasteiger partial charge in [0.1, 0.15) is 0 Å². The molecule has 3 N–H and O–H groups in total. The van der Waals surface area contributed by atoms with Gasteiger partial charge in [-0.3, -0.25) is 10.2 Å². The van der Waals surface area contributed by atoms with Gasteiger partial charge in [-0.05, 0) is 30.3 Å². The van der Waals surface area contributed by atoms with Crippen LogP contribution in [0.25, 0.3) is 0 Å². The summed E-state index contributed by atoms with van der Waals surface area (Å²) in [6.07, 6.45) is 0. The highest BCUT2D eigenvalue weighted by atomic mass is 32.2. The van der Waals surface area contributed by atoms with Crippen LogP contribution in [-0.4, -0.2) is 16.9 Å². The highest BCUT2D eigenvalue weighted by Crippen LogP contribution is 2.29. The number of benzene rings is 2. The number of fused-ring (bicyclic) bond motifs is 1. The maximum absolute atomic E-state index is 12.0. The summed E-state index contributed by atoms with van der Waals surface area (Å²) in [7, 11) is 0. The van der Waals surface area contributed by atoms with Crippen LogP contribution < -0.4 is 10.7 Å². The van der Waals surface area contributed by atoms with Crippen LogP contribution >= 0.6 is 12.0 Å². The summed E-state index contributed by atoms with van der Waals surface area (Å²) in [6, 6.07) is 14.5. The number of hydrazone groups is 1. The van der Waals surface area contributed by atoms with E-state index in [1.165, 1.54) is 0 Å². The number of nitrogens with zero attached hydrogens (tertiary/aromatic N) is 1. The first-order valence-corrected chi connectivity index (χ1v) is 7.01. The van der Waals surface area contributed by atoms with Gasteiger partial charge in [0.25, 0.3) is 5.91 Å². The minimum Gasteiger partial charge on any atom is -0.320 e. The van der Waals surface area contributed by atoms with Gasteiger partial charge < -0.3 is 5.32 Å². The summed E-state index contributed by atoms with van der Waals surface area (Å²) in [5, 5.41) is 18.6. The largest absolute Gasteiger partial charge is 0.320 e. The quantitative estimate of drug-likeness (QED) is 0.446. The molecule has 0 saturated carbocycles. The normalized spacial score (nSPS) is 14.8. The third-order valence-electron chi connectivity index (χ3n) is 2.94. The fourth-order valence-corrected chi connectivity index (χ4v) is 2.38. The Morgan fingerprint density at radius 2 is 2.00 bits per heavy atom. The molecule has 0 atom stereocenters. The lowest BCUT2D eigenvalue weighted by atomic mass is 10.1. The molecule has 0 aliphatic carbocycles. The van der Waals surface area contributed by atoms with E-state index in [2.05, 4.69) is 25.2 Å². The number of hydrogen-bond donors (Lipinski definition) is 3. The average molecular weight is 317 g/mol. The average Bonchev–Trinajstić information content (AvgIpc) is 2.86. The van der Waals surface area contributed by atoms with E-state index in [9.17, 15) is 4.79 Å². The molecule has 0 spiro atoms. The Morgan fingerprint density at radius 3 is 2.77 bits per heavy atom. The second-order valence-electron chi connectivity index (χ2n) is 4.33. The first kappa shape index (κ1) is 14.5. The van der Waals surface area contributed by atoms with Gasteiger partial charge in [-0.1, -0.05) is 23.2 Å². The molecule has 7 nitrogen and oxygen atoms in total. The van der Waals surface area contributed by atoms with Crippen molar-refractivity contribution < 1.29 is 19.4 Å². The maximum atomic E-state index is 12.0. The van der Waals surface area contributed by atoms with Crippen molar-refractivity contribution in [1.29, 1.82) is 0 Å². The van der Waals surface area contributed by atoms with Crippen LogP contribution in [0.4, 0.5) is 11.4 Å². The highest BCUT2D eigenvalue weighted by molar-refractivity contribution is 7.94. The van der Waals surface area contributed by atoms with Crippen molar-refractivity contribution in [2.45, 2.75) is 4.90 Å². The zero-order valence-electron chi connectivity index (χ0n) is 11.1. The number of amides is 1. The number of carbonyl (C=O) groups excluding carboxylic acids is 1. The third kappa shape index (κ3) is 3.10. The second-order valence-corrected chi connectivity index (χ2v) is 5.10. The first-order chi connectivity index (χ1) is 10.8. The molecule has 2 aromatic rings. The molecule has 1 aliphatic heterocycles. The lowest BCUT2D eigenvalue weighted by molar-refractivity contribution is -0.432. The van der Waals surface area contributed by atoms with Crippen molar-refractivity contribution in [2.75, 3.05) is 10.7 Å². The molecule has 0 saturated heterocycles. The van der Waals surface area contributed by atoms with Crippen LogP contribution in [0.15, 0.2) is 58.5 Å². The van der Waals surface area contributed by atoms with E-state index in [0.717, 1.165) is 17.7 Å². The van der Waals surface area contributed by atoms with Crippen LogP contribution in [0.3, 0.4) is 0 Å². The minimum absolute atomic E-state index is 0.270. The first-order valence-electron chi connectivity index (χ1n) is 6.27. The van der Waals surface area contributed by atoms with Gasteiger partial charge in [0.15, 0.2) is 5.71 Å². The van der Waals surface area contributed by atoms with E-state index in [-0.39, 0.29) is 11.6 Å². The topological polar surface area (TPSA) is 92.2 Å². The number of hydrogen-bond acceptors (Lipinski definition) is 7. The lowest BCUT2D eigenvalue weighted by Gasteiger charge is -2.03. The van der Waals surface area contributed by atoms with E-state index in [1.54, 1.807) is 18.2 Å². The van der Waals surface area contributed by atoms with E-state index in [4.69, 9.17) is 5.26 Å². The molecule has 1 heterocycles. The van der Waals surface area contributed by atoms with Crippen molar-refractivity contribution in [3.8, 4) is 0 Å². The number of anilines is 2. The van der Waals surface area contributed by atoms with Crippen molar-refractivity contribution in [3.63, 3.8) is 0 Å². The number of nitrogens with one attached hydrogen (secondary N) is 2. The zero-order chi connectivity index (χ0) is 15.4. The molecular weight excluding hydrogens is 306 g/mol. The van der Waals surface area contributed by atoms with E-state index in [1.807, 2.05) is 30.3 Å². The van der Waals surface area contributed by atoms with E-state index < -0.39 is 0 Å². The van der Waals surface area contributed by atoms with E-state index >= 15 is 0 Å². The second kappa shape index (κ2) is 6.58. The molecule has 0 fully saturated rings. The number of para-hydroxylation sites is 1. The zero-order valence-corrected chi connectivity index (χ0v) is 12.0. The molecule has 0 bridgehead atoms. The maximum Gasteiger partial charge on any atom is 0.276 e. The Bertz CT molecular complexity index is 721. The summed E-state index contributed by atoms with van der Waals surface area (Å²) in [4.78, 5) is 12.6. The Hall–Kier alpha value is -2.39. The van der Waals surface area contributed by atoms with Crippen LogP contribution in [0, 0.1) is 0 Å². The molecule has 3 rings (SSSR count). The molecule has 1 amide bonds. The Labute approximate surface area is 130 Å². The minimum atomic E-state index is -0.292. The van der Waals surface area contributed by atoms with Gasteiger partial charge in [-0.25, -0.2) is 5.26 Å². The molecule has 0 radical (unpaired) electrons. The third-order valence-corrected chi connectivity index (χ3v) is 3.52.